The summed E-state index contributed by atoms with van der Waals surface area (Å²) in [4.78, 5) is 42.2. The number of imidazole rings is 1. The molecule has 0 bridgehead atoms. The Balaban J connectivity index is 0.000000449. The van der Waals surface area contributed by atoms with Gasteiger partial charge in [0.2, 0.25) is 5.91 Å². The molecule has 1 amide bonds. The highest BCUT2D eigenvalue weighted by molar-refractivity contribution is 5.96. The van der Waals surface area contributed by atoms with Gasteiger partial charge in [0.05, 0.1) is 12.9 Å². The third-order valence-electron chi connectivity index (χ3n) is 5.72. The van der Waals surface area contributed by atoms with Gasteiger partial charge < -0.3 is 20.1 Å². The number of nitrogens with one attached hydrogen (secondary N) is 1. The molecule has 1 atom stereocenters. The summed E-state index contributed by atoms with van der Waals surface area (Å²) in [6.45, 7) is 8.40. The molecule has 9 nitrogen and oxygen atoms in total. The Bertz CT molecular complexity index is 1070. The van der Waals surface area contributed by atoms with Crippen molar-refractivity contribution in [2.75, 3.05) is 18.0 Å². The van der Waals surface area contributed by atoms with Crippen molar-refractivity contribution >= 4 is 23.5 Å². The second-order valence-electron chi connectivity index (χ2n) is 8.61. The van der Waals surface area contributed by atoms with Crippen LogP contribution in [0, 0.1) is 13.8 Å². The van der Waals surface area contributed by atoms with Crippen LogP contribution >= 0.6 is 0 Å². The van der Waals surface area contributed by atoms with E-state index in [0.717, 1.165) is 30.9 Å². The minimum atomic E-state index is -5.08. The third kappa shape index (κ3) is 10.9. The van der Waals surface area contributed by atoms with Gasteiger partial charge >= 0.3 is 24.3 Å². The first-order chi connectivity index (χ1) is 18.0. The minimum Gasteiger partial charge on any atom is -0.475 e. The Morgan fingerprint density at radius 2 is 1.64 bits per heavy atom. The number of carboxylic acids is 2. The monoisotopic (exact) mass is 568 g/mol. The number of aromatic nitrogens is 2. The first-order valence-electron chi connectivity index (χ1n) is 11.7. The number of carbonyl (C=O) groups is 3. The van der Waals surface area contributed by atoms with Gasteiger partial charge in [-0.3, -0.25) is 9.69 Å². The van der Waals surface area contributed by atoms with E-state index in [-0.39, 0.29) is 5.91 Å². The molecule has 0 aliphatic carbocycles. The average Bonchev–Trinajstić information content (AvgIpc) is 3.33. The molecule has 1 aliphatic heterocycles. The number of amides is 1. The smallest absolute Gasteiger partial charge is 0.475 e. The zero-order valence-corrected chi connectivity index (χ0v) is 21.4. The van der Waals surface area contributed by atoms with Gasteiger partial charge in [0.1, 0.15) is 0 Å². The van der Waals surface area contributed by atoms with Crippen molar-refractivity contribution in [3.63, 3.8) is 0 Å². The maximum Gasteiger partial charge on any atom is 0.490 e. The highest BCUT2D eigenvalue weighted by Crippen LogP contribution is 2.28. The van der Waals surface area contributed by atoms with Crippen LogP contribution in [0.5, 0.6) is 0 Å². The van der Waals surface area contributed by atoms with Gasteiger partial charge in [-0.05, 0) is 37.5 Å². The van der Waals surface area contributed by atoms with E-state index >= 15 is 0 Å². The molecule has 39 heavy (non-hydrogen) atoms. The number of rotatable bonds is 6. The summed E-state index contributed by atoms with van der Waals surface area (Å²) >= 11 is 0. The van der Waals surface area contributed by atoms with Crippen LogP contribution in [0.25, 0.3) is 0 Å². The fourth-order valence-electron chi connectivity index (χ4n) is 3.57. The van der Waals surface area contributed by atoms with Crippen LogP contribution in [-0.4, -0.2) is 74.4 Å². The Kier molecular flexibility index (Phi) is 12.4. The number of nitrogens with zero attached hydrogens (tertiary/aromatic N) is 3. The van der Waals surface area contributed by atoms with E-state index in [4.69, 9.17) is 19.8 Å². The van der Waals surface area contributed by atoms with Crippen molar-refractivity contribution < 1.29 is 50.9 Å². The van der Waals surface area contributed by atoms with E-state index in [9.17, 15) is 31.1 Å². The first-order valence-corrected chi connectivity index (χ1v) is 11.7. The lowest BCUT2D eigenvalue weighted by Gasteiger charge is -2.41. The number of alkyl halides is 6. The van der Waals surface area contributed by atoms with Crippen molar-refractivity contribution in [2.24, 2.45) is 0 Å². The Morgan fingerprint density at radius 3 is 2.10 bits per heavy atom. The number of hydrogen-bond donors (Lipinski definition) is 3. The Morgan fingerprint density at radius 1 is 1.08 bits per heavy atom. The maximum atomic E-state index is 12.9. The number of piperazine rings is 1. The minimum absolute atomic E-state index is 0.181. The number of aliphatic carboxylic acids is 2. The number of carbonyl (C=O) groups excluding carboxylic acids is 1. The summed E-state index contributed by atoms with van der Waals surface area (Å²) in [6, 6.07) is 6.60. The number of H-pyrrole nitrogens is 1. The fraction of sp³-hybridized carbons (Fsp3) is 0.500. The summed E-state index contributed by atoms with van der Waals surface area (Å²) in [5.41, 5.74) is 4.56. The van der Waals surface area contributed by atoms with Crippen molar-refractivity contribution in [2.45, 2.75) is 65.0 Å². The second-order valence-corrected chi connectivity index (χ2v) is 8.61. The van der Waals surface area contributed by atoms with Gasteiger partial charge in [-0.25, -0.2) is 14.6 Å². The molecule has 1 aliphatic rings. The topological polar surface area (TPSA) is 127 Å². The van der Waals surface area contributed by atoms with E-state index in [2.05, 4.69) is 47.8 Å². The number of hydrogen-bond acceptors (Lipinski definition) is 5. The summed E-state index contributed by atoms with van der Waals surface area (Å²) in [5.74, 6) is -5.33. The van der Waals surface area contributed by atoms with Crippen molar-refractivity contribution in [3.05, 3.63) is 47.5 Å². The molecule has 3 N–H and O–H groups in total. The molecule has 1 aromatic carbocycles. The molecular formula is C24H30F6N4O5. The largest absolute Gasteiger partial charge is 0.490 e. The molecule has 0 spiro atoms. The van der Waals surface area contributed by atoms with E-state index in [1.165, 1.54) is 24.0 Å². The van der Waals surface area contributed by atoms with E-state index in [0.29, 0.717) is 12.6 Å². The summed E-state index contributed by atoms with van der Waals surface area (Å²) in [7, 11) is 0. The molecule has 0 unspecified atom stereocenters. The summed E-state index contributed by atoms with van der Waals surface area (Å²) in [6.07, 6.45) is -3.16. The van der Waals surface area contributed by atoms with Gasteiger partial charge in [0.25, 0.3) is 0 Å². The SMILES string of the molecule is CCCC[C@H]1CN(c2cccc(C)c2C)C(=O)CN1Cc1cnc[nH]1.O=C(O)C(F)(F)F.O=C(O)C(F)(F)F. The van der Waals surface area contributed by atoms with Crippen molar-refractivity contribution in [3.8, 4) is 0 Å². The zero-order valence-electron chi connectivity index (χ0n) is 21.4. The van der Waals surface area contributed by atoms with Crippen LogP contribution in [0.1, 0.15) is 43.0 Å². The lowest BCUT2D eigenvalue weighted by Crippen LogP contribution is -2.56. The van der Waals surface area contributed by atoms with Crippen molar-refractivity contribution in [1.82, 2.24) is 14.9 Å². The molecule has 218 valence electrons. The van der Waals surface area contributed by atoms with Crippen LogP contribution in [0.3, 0.4) is 0 Å². The quantitative estimate of drug-likeness (QED) is 0.431. The van der Waals surface area contributed by atoms with Crippen LogP contribution in [0.2, 0.25) is 0 Å². The fourth-order valence-corrected chi connectivity index (χ4v) is 3.57. The summed E-state index contributed by atoms with van der Waals surface area (Å²) < 4.78 is 63.5. The van der Waals surface area contributed by atoms with Gasteiger partial charge in [0.15, 0.2) is 0 Å². The number of anilines is 1. The first kappa shape index (κ1) is 33.4. The van der Waals surface area contributed by atoms with Gasteiger partial charge in [-0.1, -0.05) is 31.9 Å². The van der Waals surface area contributed by atoms with Crippen molar-refractivity contribution in [1.29, 1.82) is 0 Å². The van der Waals surface area contributed by atoms with E-state index in [1.807, 2.05) is 17.2 Å². The van der Waals surface area contributed by atoms with Crippen LogP contribution in [0.4, 0.5) is 32.0 Å². The molecule has 1 saturated heterocycles. The number of unbranched alkanes of at least 4 members (excludes halogenated alkanes) is 1. The number of carboxylic acid groups (broad SMARTS) is 2. The predicted octanol–water partition coefficient (Wildman–Crippen LogP) is 4.70. The van der Waals surface area contributed by atoms with Gasteiger partial charge in [-0.2, -0.15) is 26.3 Å². The molecule has 1 fully saturated rings. The molecule has 3 rings (SSSR count). The standard InChI is InChI=1S/C20H28N4O.2C2HF3O2/c1-4-5-8-18-12-24(19-9-6-7-15(2)16(19)3)20(25)13-23(18)11-17-10-21-14-22-17;2*3-2(4,5)1(6)7/h6-7,9-10,14,18H,4-5,8,11-13H2,1-3H3,(H,21,22);2*(H,6,7)/t18-;;/m0../s1. The zero-order chi connectivity index (χ0) is 30.0. The Hall–Kier alpha value is -3.62. The molecule has 2 aromatic rings. The normalized spacial score (nSPS) is 16.1. The molecule has 0 saturated carbocycles. The number of halogens is 6. The molecule has 2 heterocycles. The highest BCUT2D eigenvalue weighted by atomic mass is 19.4. The number of benzene rings is 1. The maximum absolute atomic E-state index is 12.9. The van der Waals surface area contributed by atoms with Crippen LogP contribution in [0.15, 0.2) is 30.7 Å². The van der Waals surface area contributed by atoms with Gasteiger partial charge in [-0.15, -0.1) is 0 Å². The number of aryl methyl sites for hydroxylation is 1. The number of aromatic amines is 1. The lowest BCUT2D eigenvalue weighted by atomic mass is 10.0. The van der Waals surface area contributed by atoms with Gasteiger partial charge in [0, 0.05) is 36.7 Å². The summed E-state index contributed by atoms with van der Waals surface area (Å²) in [5, 5.41) is 14.2. The lowest BCUT2D eigenvalue weighted by molar-refractivity contribution is -0.193. The van der Waals surface area contributed by atoms with Crippen LogP contribution < -0.4 is 4.90 Å². The Labute approximate surface area is 220 Å². The highest BCUT2D eigenvalue weighted by Gasteiger charge is 2.39. The van der Waals surface area contributed by atoms with E-state index < -0.39 is 24.3 Å². The second kappa shape index (κ2) is 14.5. The third-order valence-corrected chi connectivity index (χ3v) is 5.72. The van der Waals surface area contributed by atoms with Crippen LogP contribution in [-0.2, 0) is 20.9 Å². The predicted molar refractivity (Wildman–Crippen MR) is 128 cm³/mol. The van der Waals surface area contributed by atoms with E-state index in [1.54, 1.807) is 6.33 Å². The molecule has 15 heteroatoms. The molecular weight excluding hydrogens is 538 g/mol. The average molecular weight is 569 g/mol. The molecule has 1 aromatic heterocycles. The molecule has 0 radical (unpaired) electrons.